The molecule has 0 radical (unpaired) electrons. The van der Waals surface area contributed by atoms with Gasteiger partial charge in [0.15, 0.2) is 11.5 Å². The van der Waals surface area contributed by atoms with Gasteiger partial charge in [0.05, 0.1) is 19.3 Å². The van der Waals surface area contributed by atoms with E-state index in [1.54, 1.807) is 0 Å². The van der Waals surface area contributed by atoms with Crippen LogP contribution in [0.25, 0.3) is 0 Å². The van der Waals surface area contributed by atoms with Crippen molar-refractivity contribution in [1.29, 1.82) is 0 Å². The van der Waals surface area contributed by atoms with E-state index in [2.05, 4.69) is 6.92 Å². The molecule has 0 aliphatic carbocycles. The first-order valence-electron chi connectivity index (χ1n) is 8.97. The average molecular weight is 339 g/mol. The molecular formula is C21H25NO3. The fraction of sp³-hybridized carbons (Fsp3) is 0.381. The third-order valence-electron chi connectivity index (χ3n) is 4.56. The van der Waals surface area contributed by atoms with Gasteiger partial charge in [0, 0.05) is 12.1 Å². The summed E-state index contributed by atoms with van der Waals surface area (Å²) in [6, 6.07) is 13.9. The molecule has 2 aromatic carbocycles. The third kappa shape index (κ3) is 3.34. The van der Waals surface area contributed by atoms with Crippen LogP contribution in [0.5, 0.6) is 11.5 Å². The van der Waals surface area contributed by atoms with Crippen molar-refractivity contribution in [3.8, 4) is 11.5 Å². The molecule has 25 heavy (non-hydrogen) atoms. The first-order chi connectivity index (χ1) is 12.2. The Morgan fingerprint density at radius 3 is 2.40 bits per heavy atom. The molecule has 0 N–H and O–H groups in total. The number of rotatable bonds is 7. The summed E-state index contributed by atoms with van der Waals surface area (Å²) >= 11 is 0. The molecule has 1 unspecified atom stereocenters. The molecule has 1 amide bonds. The highest BCUT2D eigenvalue weighted by Gasteiger charge is 2.32. The molecule has 1 aliphatic rings. The molecule has 0 saturated carbocycles. The third-order valence-corrected chi connectivity index (χ3v) is 4.56. The number of amides is 1. The van der Waals surface area contributed by atoms with E-state index < -0.39 is 0 Å². The molecule has 3 rings (SSSR count). The summed E-state index contributed by atoms with van der Waals surface area (Å²) in [6.07, 6.45) is 0.847. The number of fused-ring (bicyclic) bond motifs is 1. The molecule has 4 nitrogen and oxygen atoms in total. The molecule has 0 spiro atoms. The number of carbonyl (C=O) groups excluding carboxylic acids is 1. The minimum Gasteiger partial charge on any atom is -0.490 e. The van der Waals surface area contributed by atoms with Gasteiger partial charge in [-0.15, -0.1) is 0 Å². The number of hydrogen-bond acceptors (Lipinski definition) is 3. The van der Waals surface area contributed by atoms with Crippen molar-refractivity contribution in [3.05, 3.63) is 59.2 Å². The van der Waals surface area contributed by atoms with Gasteiger partial charge in [0.2, 0.25) is 0 Å². The Labute approximate surface area is 149 Å². The standard InChI is InChI=1S/C21H25NO3/c1-4-18(22-14-16-9-7-8-10-17(16)21(22)23)15-11-12-19(24-5-2)20(13-15)25-6-3/h7-13,18H,4-6,14H2,1-3H3. The summed E-state index contributed by atoms with van der Waals surface area (Å²) in [4.78, 5) is 14.8. The van der Waals surface area contributed by atoms with Crippen molar-refractivity contribution >= 4 is 5.91 Å². The lowest BCUT2D eigenvalue weighted by atomic mass is 10.0. The maximum absolute atomic E-state index is 12.8. The lowest BCUT2D eigenvalue weighted by Gasteiger charge is -2.28. The fourth-order valence-corrected chi connectivity index (χ4v) is 3.44. The van der Waals surface area contributed by atoms with Gasteiger partial charge in [-0.25, -0.2) is 0 Å². The van der Waals surface area contributed by atoms with Crippen LogP contribution in [0, 0.1) is 0 Å². The Hall–Kier alpha value is -2.49. The number of benzene rings is 2. The monoisotopic (exact) mass is 339 g/mol. The smallest absolute Gasteiger partial charge is 0.255 e. The first kappa shape index (κ1) is 17.3. The van der Waals surface area contributed by atoms with E-state index in [0.717, 1.165) is 34.6 Å². The zero-order valence-corrected chi connectivity index (χ0v) is 15.1. The zero-order valence-electron chi connectivity index (χ0n) is 15.1. The van der Waals surface area contributed by atoms with Crippen molar-refractivity contribution in [1.82, 2.24) is 4.90 Å². The van der Waals surface area contributed by atoms with E-state index in [0.29, 0.717) is 19.8 Å². The van der Waals surface area contributed by atoms with Gasteiger partial charge in [-0.1, -0.05) is 31.2 Å². The Morgan fingerprint density at radius 2 is 1.72 bits per heavy atom. The largest absolute Gasteiger partial charge is 0.490 e. The van der Waals surface area contributed by atoms with E-state index in [-0.39, 0.29) is 11.9 Å². The van der Waals surface area contributed by atoms with Crippen LogP contribution in [0.1, 0.15) is 54.7 Å². The lowest BCUT2D eigenvalue weighted by Crippen LogP contribution is -2.28. The van der Waals surface area contributed by atoms with Gasteiger partial charge in [-0.3, -0.25) is 4.79 Å². The molecule has 0 fully saturated rings. The van der Waals surface area contributed by atoms with Crippen LogP contribution in [-0.4, -0.2) is 24.0 Å². The molecule has 1 heterocycles. The minimum absolute atomic E-state index is 0.0229. The van der Waals surface area contributed by atoms with Gasteiger partial charge in [-0.05, 0) is 49.6 Å². The number of carbonyl (C=O) groups is 1. The van der Waals surface area contributed by atoms with Gasteiger partial charge < -0.3 is 14.4 Å². The normalized spacial score (nSPS) is 14.4. The highest BCUT2D eigenvalue weighted by molar-refractivity contribution is 5.98. The quantitative estimate of drug-likeness (QED) is 0.740. The van der Waals surface area contributed by atoms with Crippen molar-refractivity contribution in [2.24, 2.45) is 0 Å². The van der Waals surface area contributed by atoms with Crippen LogP contribution in [-0.2, 0) is 6.54 Å². The summed E-state index contributed by atoms with van der Waals surface area (Å²) in [5, 5.41) is 0. The van der Waals surface area contributed by atoms with E-state index in [1.165, 1.54) is 0 Å². The van der Waals surface area contributed by atoms with Crippen LogP contribution in [0.2, 0.25) is 0 Å². The molecular weight excluding hydrogens is 314 g/mol. The average Bonchev–Trinajstić information content (AvgIpc) is 2.95. The van der Waals surface area contributed by atoms with Crippen LogP contribution in [0.3, 0.4) is 0 Å². The predicted molar refractivity (Wildman–Crippen MR) is 98.1 cm³/mol. The zero-order chi connectivity index (χ0) is 17.8. The Kier molecular flexibility index (Phi) is 5.27. The van der Waals surface area contributed by atoms with E-state index >= 15 is 0 Å². The second-order valence-electron chi connectivity index (χ2n) is 6.09. The lowest BCUT2D eigenvalue weighted by molar-refractivity contribution is 0.0695. The number of nitrogens with zero attached hydrogens (tertiary/aromatic N) is 1. The summed E-state index contributed by atoms with van der Waals surface area (Å²) in [6.45, 7) is 7.85. The summed E-state index contributed by atoms with van der Waals surface area (Å²) in [5.41, 5.74) is 2.99. The summed E-state index contributed by atoms with van der Waals surface area (Å²) in [7, 11) is 0. The summed E-state index contributed by atoms with van der Waals surface area (Å²) < 4.78 is 11.4. The minimum atomic E-state index is 0.0229. The predicted octanol–water partition coefficient (Wildman–Crippen LogP) is 4.59. The Balaban J connectivity index is 1.91. The summed E-state index contributed by atoms with van der Waals surface area (Å²) in [5.74, 6) is 1.60. The SMILES string of the molecule is CCOc1ccc(C(CC)N2Cc3ccccc3C2=O)cc1OCC. The highest BCUT2D eigenvalue weighted by atomic mass is 16.5. The molecule has 0 bridgehead atoms. The molecule has 1 aliphatic heterocycles. The maximum Gasteiger partial charge on any atom is 0.255 e. The van der Waals surface area contributed by atoms with Crippen LogP contribution < -0.4 is 9.47 Å². The van der Waals surface area contributed by atoms with Crippen molar-refractivity contribution in [3.63, 3.8) is 0 Å². The number of hydrogen-bond donors (Lipinski definition) is 0. The second-order valence-corrected chi connectivity index (χ2v) is 6.09. The molecule has 1 atom stereocenters. The second kappa shape index (κ2) is 7.60. The van der Waals surface area contributed by atoms with Crippen molar-refractivity contribution in [2.75, 3.05) is 13.2 Å². The molecule has 2 aromatic rings. The van der Waals surface area contributed by atoms with Crippen molar-refractivity contribution < 1.29 is 14.3 Å². The van der Waals surface area contributed by atoms with Crippen LogP contribution in [0.4, 0.5) is 0 Å². The Bertz CT molecular complexity index is 757. The van der Waals surface area contributed by atoms with Gasteiger partial charge >= 0.3 is 0 Å². The van der Waals surface area contributed by atoms with E-state index in [4.69, 9.17) is 9.47 Å². The maximum atomic E-state index is 12.8. The topological polar surface area (TPSA) is 38.8 Å². The number of ether oxygens (including phenoxy) is 2. The van der Waals surface area contributed by atoms with E-state index in [9.17, 15) is 4.79 Å². The van der Waals surface area contributed by atoms with E-state index in [1.807, 2.05) is 61.2 Å². The molecule has 4 heteroatoms. The van der Waals surface area contributed by atoms with Crippen molar-refractivity contribution in [2.45, 2.75) is 39.8 Å². The highest BCUT2D eigenvalue weighted by Crippen LogP contribution is 2.37. The fourth-order valence-electron chi connectivity index (χ4n) is 3.44. The van der Waals surface area contributed by atoms with Gasteiger partial charge in [-0.2, -0.15) is 0 Å². The van der Waals surface area contributed by atoms with Crippen LogP contribution in [0.15, 0.2) is 42.5 Å². The molecule has 0 aromatic heterocycles. The molecule has 132 valence electrons. The molecule has 0 saturated heterocycles. The Morgan fingerprint density at radius 1 is 1.00 bits per heavy atom. The van der Waals surface area contributed by atoms with Gasteiger partial charge in [0.25, 0.3) is 5.91 Å². The van der Waals surface area contributed by atoms with Crippen LogP contribution >= 0.6 is 0 Å². The van der Waals surface area contributed by atoms with Gasteiger partial charge in [0.1, 0.15) is 0 Å². The first-order valence-corrected chi connectivity index (χ1v) is 8.97.